The van der Waals surface area contributed by atoms with Crippen LogP contribution in [0.1, 0.15) is 99.8 Å². The van der Waals surface area contributed by atoms with Crippen molar-refractivity contribution in [2.24, 2.45) is 50.2 Å². The monoisotopic (exact) mass is 1370 g/mol. The Morgan fingerprint density at radius 3 is 1.81 bits per heavy atom. The molecule has 546 valence electrons. The van der Waals surface area contributed by atoms with Crippen molar-refractivity contribution in [3.8, 4) is 0 Å². The molecule has 0 aromatic heterocycles. The van der Waals surface area contributed by atoms with E-state index in [2.05, 4.69) is 33.8 Å². The molecule has 0 aromatic carbocycles. The van der Waals surface area contributed by atoms with Gasteiger partial charge in [-0.2, -0.15) is 0 Å². The minimum absolute atomic E-state index is 0.0199. The third kappa shape index (κ3) is 12.5. The van der Waals surface area contributed by atoms with Crippen LogP contribution in [-0.2, 0) is 61.6 Å². The highest BCUT2D eigenvalue weighted by Gasteiger charge is 2.74. The quantitative estimate of drug-likeness (QED) is 0.0388. The number of carbonyl (C=O) groups excluding carboxylic acids is 1. The van der Waals surface area contributed by atoms with Crippen molar-refractivity contribution in [3.05, 3.63) is 11.6 Å². The summed E-state index contributed by atoms with van der Waals surface area (Å²) < 4.78 is 70.3. The number of aliphatic hydroxyl groups excluding tert-OH is 18. The lowest BCUT2D eigenvalue weighted by Crippen LogP contribution is -2.72. The van der Waals surface area contributed by atoms with Gasteiger partial charge in [0.15, 0.2) is 37.6 Å². The number of allylic oxidation sites excluding steroid dienone is 2. The molecule has 11 rings (SSSR count). The summed E-state index contributed by atoms with van der Waals surface area (Å²) in [7, 11) is 0. The van der Waals surface area contributed by atoms with Gasteiger partial charge in [0.25, 0.3) is 0 Å². The van der Waals surface area contributed by atoms with Gasteiger partial charge in [0.05, 0.1) is 76.1 Å². The molecule has 6 aliphatic heterocycles. The van der Waals surface area contributed by atoms with Crippen LogP contribution in [0.25, 0.3) is 0 Å². The van der Waals surface area contributed by atoms with Gasteiger partial charge in [0.1, 0.15) is 109 Å². The van der Waals surface area contributed by atoms with Crippen LogP contribution in [0.4, 0.5) is 0 Å². The highest BCUT2D eigenvalue weighted by molar-refractivity contribution is 5.79. The fraction of sp³-hybridized carbons (Fsp3) is 0.952. The van der Waals surface area contributed by atoms with E-state index in [9.17, 15) is 97.0 Å². The zero-order valence-corrected chi connectivity index (χ0v) is 54.4. The Morgan fingerprint density at radius 2 is 1.15 bits per heavy atom. The minimum atomic E-state index is -2.08. The van der Waals surface area contributed by atoms with Gasteiger partial charge in [0.2, 0.25) is 6.29 Å². The van der Waals surface area contributed by atoms with Crippen LogP contribution in [0.2, 0.25) is 0 Å². The zero-order valence-electron chi connectivity index (χ0n) is 54.4. The Bertz CT molecular complexity index is 2700. The maximum Gasteiger partial charge on any atom is 0.315 e. The van der Waals surface area contributed by atoms with E-state index in [0.29, 0.717) is 32.1 Å². The number of hydrogen-bond donors (Lipinski definition) is 19. The van der Waals surface area contributed by atoms with E-state index in [-0.39, 0.29) is 30.6 Å². The Balaban J connectivity index is 0.784. The van der Waals surface area contributed by atoms with Crippen molar-refractivity contribution in [1.82, 2.24) is 0 Å². The Kier molecular flexibility index (Phi) is 21.3. The number of esters is 1. The van der Waals surface area contributed by atoms with Gasteiger partial charge in [-0.3, -0.25) is 4.79 Å². The number of aliphatic hydroxyl groups is 19. The summed E-state index contributed by atoms with van der Waals surface area (Å²) in [5.41, 5.74) is -6.39. The van der Waals surface area contributed by atoms with Gasteiger partial charge in [-0.1, -0.05) is 53.2 Å². The smallest absolute Gasteiger partial charge is 0.315 e. The maximum absolute atomic E-state index is 15.5. The van der Waals surface area contributed by atoms with Gasteiger partial charge in [-0.25, -0.2) is 0 Å². The molecule has 6 heterocycles. The largest absolute Gasteiger partial charge is 0.432 e. The van der Waals surface area contributed by atoms with Gasteiger partial charge < -0.3 is 154 Å². The summed E-state index contributed by atoms with van der Waals surface area (Å²) >= 11 is 0. The van der Waals surface area contributed by atoms with Crippen LogP contribution in [-0.4, -0.2) is 327 Å². The fourth-order valence-electron chi connectivity index (χ4n) is 18.8. The summed E-state index contributed by atoms with van der Waals surface area (Å²) in [5.74, 6) is -2.16. The van der Waals surface area contributed by atoms with Crippen molar-refractivity contribution < 1.29 is 159 Å². The normalized spacial score (nSPS) is 55.5. The van der Waals surface area contributed by atoms with Crippen molar-refractivity contribution in [2.45, 2.75) is 277 Å². The molecule has 0 unspecified atom stereocenters. The molecular weight excluding hydrogens is 1270 g/mol. The predicted molar refractivity (Wildman–Crippen MR) is 313 cm³/mol. The second kappa shape index (κ2) is 27.3. The molecule has 95 heavy (non-hydrogen) atoms. The van der Waals surface area contributed by atoms with Crippen LogP contribution in [0.5, 0.6) is 0 Å². The summed E-state index contributed by atoms with van der Waals surface area (Å²) in [5, 5.41) is 210. The van der Waals surface area contributed by atoms with Crippen LogP contribution < -0.4 is 0 Å². The molecule has 32 heteroatoms. The first-order chi connectivity index (χ1) is 44.5. The van der Waals surface area contributed by atoms with E-state index in [1.165, 1.54) is 6.92 Å². The molecule has 0 bridgehead atoms. The number of hydrogen-bond acceptors (Lipinski definition) is 32. The summed E-state index contributed by atoms with van der Waals surface area (Å²) in [6.45, 7) is 9.20. The Labute approximate surface area is 548 Å². The summed E-state index contributed by atoms with van der Waals surface area (Å²) in [6.07, 6.45) is -41.1. The maximum atomic E-state index is 15.5. The van der Waals surface area contributed by atoms with Crippen molar-refractivity contribution >= 4 is 5.97 Å². The van der Waals surface area contributed by atoms with Crippen LogP contribution in [0, 0.1) is 50.2 Å². The number of ether oxygens (including phenoxy) is 12. The first-order valence-corrected chi connectivity index (χ1v) is 33.2. The van der Waals surface area contributed by atoms with E-state index < -0.39 is 269 Å². The van der Waals surface area contributed by atoms with Crippen LogP contribution in [0.3, 0.4) is 0 Å². The molecule has 0 spiro atoms. The minimum Gasteiger partial charge on any atom is -0.432 e. The number of rotatable bonds is 16. The molecule has 0 aromatic rings. The average molecular weight is 1370 g/mol. The van der Waals surface area contributed by atoms with Crippen LogP contribution in [0.15, 0.2) is 11.6 Å². The third-order valence-corrected chi connectivity index (χ3v) is 24.5. The summed E-state index contributed by atoms with van der Waals surface area (Å²) in [4.78, 5) is 15.5. The van der Waals surface area contributed by atoms with Gasteiger partial charge in [0, 0.05) is 11.3 Å². The van der Waals surface area contributed by atoms with Gasteiger partial charge >= 0.3 is 5.97 Å². The molecule has 32 nitrogen and oxygen atoms in total. The zero-order chi connectivity index (χ0) is 69.4. The predicted octanol–water partition coefficient (Wildman–Crippen LogP) is -6.53. The molecule has 6 saturated heterocycles. The fourth-order valence-corrected chi connectivity index (χ4v) is 18.8. The van der Waals surface area contributed by atoms with E-state index in [1.807, 2.05) is 6.92 Å². The first-order valence-electron chi connectivity index (χ1n) is 33.2. The molecule has 37 atom stereocenters. The second-order valence-corrected chi connectivity index (χ2v) is 30.9. The highest BCUT2D eigenvalue weighted by Crippen LogP contribution is 2.76. The molecular formula is C63H102O32. The molecule has 0 amide bonds. The first kappa shape index (κ1) is 74.2. The van der Waals surface area contributed by atoms with E-state index in [0.717, 1.165) is 5.57 Å². The van der Waals surface area contributed by atoms with Crippen molar-refractivity contribution in [1.29, 1.82) is 0 Å². The van der Waals surface area contributed by atoms with E-state index in [1.54, 1.807) is 6.92 Å². The van der Waals surface area contributed by atoms with Gasteiger partial charge in [-0.05, 0) is 91.8 Å². The molecule has 0 radical (unpaired) electrons. The number of fused-ring (bicyclic) bond motifs is 7. The average Bonchev–Trinajstić information content (AvgIpc) is 0.845. The van der Waals surface area contributed by atoms with Crippen molar-refractivity contribution in [3.63, 3.8) is 0 Å². The lowest BCUT2D eigenvalue weighted by Gasteiger charge is -2.72. The molecule has 5 aliphatic carbocycles. The van der Waals surface area contributed by atoms with E-state index in [4.69, 9.17) is 56.8 Å². The van der Waals surface area contributed by atoms with Crippen molar-refractivity contribution in [2.75, 3.05) is 46.2 Å². The lowest BCUT2D eigenvalue weighted by atomic mass is 9.33. The number of carbonyl (C=O) groups is 1. The highest BCUT2D eigenvalue weighted by atomic mass is 16.8. The van der Waals surface area contributed by atoms with Gasteiger partial charge in [-0.15, -0.1) is 0 Å². The third-order valence-electron chi connectivity index (χ3n) is 24.5. The summed E-state index contributed by atoms with van der Waals surface area (Å²) in [6, 6.07) is 0. The molecule has 11 aliphatic rings. The topological polar surface area (TPSA) is 512 Å². The Hall–Kier alpha value is -1.99. The standard InChI is InChI=1S/C63H102O32/c1-24-44(91-51-43(80)45(30(70)19-84-51)92-55-48(81)63(83,22-66)23-87-55)39(76)42(79)52(88-24)93-46-34(71)29(69)18-85-54(46)95-56(82)62-12-10-57(2,3)14-26(62)25-8-9-33-58(4)15-28(68)49(59(5,21-65)47(58)27(67)16-61(33,7)60(25,6)11-13-62)94-53-41(78)38(75)36(73)32(90-53)20-86-50-40(77)37(74)35(72)31(17-64)89-50/h8,24,26-55,64-81,83H,9-23H2,1-7H3/t24-,26-,27+,28-,29+,30+,31+,32+,33+,34-,35+,36+,37-,38-,39-,40+,41+,42+,43+,44-,45-,46+,47+,48-,49-,50+,51-,52-,53-,54-,55-,58+,59-,60+,61+,62-,63+/m0/s1. The molecule has 10 fully saturated rings. The molecule has 4 saturated carbocycles. The van der Waals surface area contributed by atoms with Crippen LogP contribution >= 0.6 is 0 Å². The Morgan fingerprint density at radius 1 is 0.547 bits per heavy atom. The van der Waals surface area contributed by atoms with E-state index >= 15 is 4.79 Å². The lowest BCUT2D eigenvalue weighted by molar-refractivity contribution is -0.372. The SMILES string of the molecule is C[C@@H]1O[C@@H](O[C@H]2[C@H](OC(=O)[C@]34CCC(C)(C)C[C@H]3C3=CC[C@@H]5[C@@]6(C)C[C@H](O)[C@H](O[C@@H]7O[C@H](CO[C@@H]8O[C@H](CO)[C@@H](O)[C@H](O)[C@H]8O)[C@@H](O)[C@H](O)[C@H]7O)[C@@](C)(CO)[C@@H]6[C@H](O)C[C@@]5(C)[C@]3(C)CC4)OC[C@@H](O)[C@@H]2O)[C@H](O)[C@H](O)[C@H]1O[C@@H]1OC[C@@H](O)[C@H](O[C@@H]2OC[C@](O)(CO)[C@H]2O)[C@H]1O. The molecule has 19 N–H and O–H groups in total. The second-order valence-electron chi connectivity index (χ2n) is 30.9.